The van der Waals surface area contributed by atoms with Gasteiger partial charge in [0.15, 0.2) is 0 Å². The topological polar surface area (TPSA) is 66.9 Å². The number of carbonyl (C=O) groups is 1. The smallest absolute Gasteiger partial charge is 0.282 e. The molecule has 1 aromatic heterocycles. The van der Waals surface area contributed by atoms with Crippen molar-refractivity contribution in [2.24, 2.45) is 0 Å². The summed E-state index contributed by atoms with van der Waals surface area (Å²) >= 11 is 7.08. The van der Waals surface area contributed by atoms with Crippen molar-refractivity contribution in [3.05, 3.63) is 39.9 Å². The van der Waals surface area contributed by atoms with Crippen LogP contribution in [0.4, 0.5) is 5.13 Å². The quantitative estimate of drug-likeness (QED) is 0.890. The summed E-state index contributed by atoms with van der Waals surface area (Å²) in [5, 5.41) is 15.3. The Bertz CT molecular complexity index is 584. The zero-order chi connectivity index (χ0) is 14.5. The number of benzene rings is 1. The summed E-state index contributed by atoms with van der Waals surface area (Å²) in [4.78, 5) is 12.1. The van der Waals surface area contributed by atoms with Gasteiger partial charge < -0.3 is 10.6 Å². The molecular weight excluding hydrogens is 296 g/mol. The fourth-order valence-electron chi connectivity index (χ4n) is 1.63. The standard InChI is InChI=1S/C13H15ClN4OS/c1-3-15-13-18-17-12(20-13)11(19)16-8(2)9-4-6-10(14)7-5-9/h4-8H,3H2,1-2H3,(H,15,18)(H,16,19). The molecule has 2 N–H and O–H groups in total. The summed E-state index contributed by atoms with van der Waals surface area (Å²) in [6, 6.07) is 7.25. The predicted octanol–water partition coefficient (Wildman–Crippen LogP) is 3.11. The maximum atomic E-state index is 12.1. The van der Waals surface area contributed by atoms with Gasteiger partial charge in [-0.15, -0.1) is 10.2 Å². The fraction of sp³-hybridized carbons (Fsp3) is 0.308. The van der Waals surface area contributed by atoms with Crippen LogP contribution in [0.5, 0.6) is 0 Å². The molecule has 1 unspecified atom stereocenters. The van der Waals surface area contributed by atoms with Gasteiger partial charge in [-0.3, -0.25) is 4.79 Å². The molecule has 20 heavy (non-hydrogen) atoms. The number of anilines is 1. The SMILES string of the molecule is CCNc1nnc(C(=O)NC(C)c2ccc(Cl)cc2)s1. The summed E-state index contributed by atoms with van der Waals surface area (Å²) in [6.07, 6.45) is 0. The molecule has 2 rings (SSSR count). The van der Waals surface area contributed by atoms with Gasteiger partial charge in [-0.1, -0.05) is 35.1 Å². The van der Waals surface area contributed by atoms with E-state index in [2.05, 4.69) is 20.8 Å². The van der Waals surface area contributed by atoms with Gasteiger partial charge in [0.25, 0.3) is 5.91 Å². The average molecular weight is 311 g/mol. The molecule has 0 aliphatic heterocycles. The number of hydrogen-bond acceptors (Lipinski definition) is 5. The molecule has 0 radical (unpaired) electrons. The largest absolute Gasteiger partial charge is 0.360 e. The molecule has 0 fully saturated rings. The lowest BCUT2D eigenvalue weighted by molar-refractivity contribution is 0.0939. The first-order valence-electron chi connectivity index (χ1n) is 6.24. The van der Waals surface area contributed by atoms with Crippen molar-refractivity contribution >= 4 is 34.0 Å². The fourth-order valence-corrected chi connectivity index (χ4v) is 2.47. The highest BCUT2D eigenvalue weighted by atomic mass is 35.5. The lowest BCUT2D eigenvalue weighted by Gasteiger charge is -2.13. The van der Waals surface area contributed by atoms with Crippen LogP contribution in [0.3, 0.4) is 0 Å². The van der Waals surface area contributed by atoms with Gasteiger partial charge >= 0.3 is 0 Å². The Hall–Kier alpha value is -1.66. The van der Waals surface area contributed by atoms with Gasteiger partial charge in [0.05, 0.1) is 6.04 Å². The highest BCUT2D eigenvalue weighted by Gasteiger charge is 2.15. The van der Waals surface area contributed by atoms with Crippen molar-refractivity contribution in [2.45, 2.75) is 19.9 Å². The van der Waals surface area contributed by atoms with E-state index in [4.69, 9.17) is 11.6 Å². The van der Waals surface area contributed by atoms with Crippen molar-refractivity contribution < 1.29 is 4.79 Å². The van der Waals surface area contributed by atoms with E-state index in [1.165, 1.54) is 11.3 Å². The van der Waals surface area contributed by atoms with Crippen LogP contribution in [0, 0.1) is 0 Å². The second kappa shape index (κ2) is 6.67. The second-order valence-electron chi connectivity index (χ2n) is 4.19. The monoisotopic (exact) mass is 310 g/mol. The highest BCUT2D eigenvalue weighted by molar-refractivity contribution is 7.17. The average Bonchev–Trinajstić information content (AvgIpc) is 2.88. The van der Waals surface area contributed by atoms with E-state index >= 15 is 0 Å². The van der Waals surface area contributed by atoms with Crippen LogP contribution in [0.15, 0.2) is 24.3 Å². The minimum atomic E-state index is -0.228. The van der Waals surface area contributed by atoms with Crippen LogP contribution in [0.25, 0.3) is 0 Å². The van der Waals surface area contributed by atoms with Crippen molar-refractivity contribution in [3.63, 3.8) is 0 Å². The molecule has 0 spiro atoms. The second-order valence-corrected chi connectivity index (χ2v) is 5.60. The van der Waals surface area contributed by atoms with Gasteiger partial charge in [0, 0.05) is 11.6 Å². The zero-order valence-corrected chi connectivity index (χ0v) is 12.8. The number of hydrogen-bond donors (Lipinski definition) is 2. The van der Waals surface area contributed by atoms with Gasteiger partial charge in [-0.05, 0) is 31.5 Å². The molecule has 7 heteroatoms. The van der Waals surface area contributed by atoms with Crippen LogP contribution >= 0.6 is 22.9 Å². The van der Waals surface area contributed by atoms with E-state index < -0.39 is 0 Å². The lowest BCUT2D eigenvalue weighted by Crippen LogP contribution is -2.26. The van der Waals surface area contributed by atoms with Crippen LogP contribution < -0.4 is 10.6 Å². The Morgan fingerprint density at radius 2 is 2.05 bits per heavy atom. The third kappa shape index (κ3) is 3.68. The Morgan fingerprint density at radius 3 is 2.70 bits per heavy atom. The van der Waals surface area contributed by atoms with Crippen LogP contribution in [-0.4, -0.2) is 22.6 Å². The van der Waals surface area contributed by atoms with Crippen molar-refractivity contribution in [3.8, 4) is 0 Å². The maximum Gasteiger partial charge on any atom is 0.282 e. The number of rotatable bonds is 5. The Balaban J connectivity index is 2.01. The molecule has 0 bridgehead atoms. The predicted molar refractivity (Wildman–Crippen MR) is 81.4 cm³/mol. The normalized spacial score (nSPS) is 11.9. The molecule has 1 amide bonds. The molecule has 0 saturated heterocycles. The van der Waals surface area contributed by atoms with E-state index in [1.807, 2.05) is 26.0 Å². The minimum Gasteiger partial charge on any atom is -0.360 e. The third-order valence-electron chi connectivity index (χ3n) is 2.66. The lowest BCUT2D eigenvalue weighted by atomic mass is 10.1. The third-order valence-corrected chi connectivity index (χ3v) is 3.80. The van der Waals surface area contributed by atoms with Gasteiger partial charge in [0.2, 0.25) is 10.1 Å². The first kappa shape index (κ1) is 14.7. The van der Waals surface area contributed by atoms with E-state index in [1.54, 1.807) is 12.1 Å². The van der Waals surface area contributed by atoms with Crippen molar-refractivity contribution in [1.29, 1.82) is 0 Å². The Kier molecular flexibility index (Phi) is 4.92. The number of amides is 1. The molecule has 0 aliphatic carbocycles. The molecule has 106 valence electrons. The Morgan fingerprint density at radius 1 is 1.35 bits per heavy atom. The van der Waals surface area contributed by atoms with Crippen LogP contribution in [0.1, 0.15) is 35.3 Å². The summed E-state index contributed by atoms with van der Waals surface area (Å²) < 4.78 is 0. The van der Waals surface area contributed by atoms with E-state index in [0.29, 0.717) is 15.2 Å². The number of carbonyl (C=O) groups excluding carboxylic acids is 1. The van der Waals surface area contributed by atoms with Gasteiger partial charge in [-0.2, -0.15) is 0 Å². The number of aromatic nitrogens is 2. The molecule has 1 heterocycles. The molecule has 1 aromatic carbocycles. The molecule has 0 aliphatic rings. The summed E-state index contributed by atoms with van der Waals surface area (Å²) in [5.41, 5.74) is 0.985. The van der Waals surface area contributed by atoms with E-state index in [0.717, 1.165) is 12.1 Å². The van der Waals surface area contributed by atoms with Crippen molar-refractivity contribution in [1.82, 2.24) is 15.5 Å². The van der Waals surface area contributed by atoms with Crippen LogP contribution in [-0.2, 0) is 0 Å². The summed E-state index contributed by atoms with van der Waals surface area (Å²) in [7, 11) is 0. The van der Waals surface area contributed by atoms with E-state index in [-0.39, 0.29) is 11.9 Å². The molecule has 1 atom stereocenters. The number of nitrogens with one attached hydrogen (secondary N) is 2. The zero-order valence-electron chi connectivity index (χ0n) is 11.2. The molecular formula is C13H15ClN4OS. The maximum absolute atomic E-state index is 12.1. The first-order chi connectivity index (χ1) is 9.60. The summed E-state index contributed by atoms with van der Waals surface area (Å²) in [5.74, 6) is -0.228. The highest BCUT2D eigenvalue weighted by Crippen LogP contribution is 2.18. The Labute approximate surface area is 126 Å². The van der Waals surface area contributed by atoms with Gasteiger partial charge in [0.1, 0.15) is 0 Å². The van der Waals surface area contributed by atoms with Gasteiger partial charge in [-0.25, -0.2) is 0 Å². The molecule has 0 saturated carbocycles. The minimum absolute atomic E-state index is 0.119. The molecule has 5 nitrogen and oxygen atoms in total. The molecule has 2 aromatic rings. The van der Waals surface area contributed by atoms with E-state index in [9.17, 15) is 4.79 Å². The first-order valence-corrected chi connectivity index (χ1v) is 7.43. The number of nitrogens with zero attached hydrogens (tertiary/aromatic N) is 2. The summed E-state index contributed by atoms with van der Waals surface area (Å²) in [6.45, 7) is 4.62. The number of halogens is 1. The van der Waals surface area contributed by atoms with Crippen LogP contribution in [0.2, 0.25) is 5.02 Å². The van der Waals surface area contributed by atoms with Crippen molar-refractivity contribution in [2.75, 3.05) is 11.9 Å².